The molecule has 0 bridgehead atoms. The van der Waals surface area contributed by atoms with Crippen molar-refractivity contribution in [1.29, 1.82) is 0 Å². The molecule has 1 aromatic carbocycles. The zero-order valence-electron chi connectivity index (χ0n) is 11.2. The molecule has 5 heteroatoms. The van der Waals surface area contributed by atoms with Gasteiger partial charge in [-0.15, -0.1) is 0 Å². The topological polar surface area (TPSA) is 72.6 Å². The van der Waals surface area contributed by atoms with E-state index < -0.39 is 11.9 Å². The molecule has 1 fully saturated rings. The van der Waals surface area contributed by atoms with Crippen molar-refractivity contribution >= 4 is 17.5 Å². The highest BCUT2D eigenvalue weighted by Gasteiger charge is 2.39. The van der Waals surface area contributed by atoms with E-state index in [4.69, 9.17) is 10.5 Å². The number of nitrogens with zero attached hydrogens (tertiary/aromatic N) is 1. The summed E-state index contributed by atoms with van der Waals surface area (Å²) in [6.07, 6.45) is 1.94. The Labute approximate surface area is 117 Å². The monoisotopic (exact) mass is 274 g/mol. The quantitative estimate of drug-likeness (QED) is 0.869. The Morgan fingerprint density at radius 3 is 2.60 bits per heavy atom. The smallest absolute Gasteiger partial charge is 0.240 e. The van der Waals surface area contributed by atoms with E-state index in [2.05, 4.69) is 0 Å². The molecule has 0 unspecified atom stereocenters. The highest BCUT2D eigenvalue weighted by Crippen LogP contribution is 2.34. The van der Waals surface area contributed by atoms with Crippen LogP contribution in [0.3, 0.4) is 0 Å². The first-order valence-electron chi connectivity index (χ1n) is 6.96. The van der Waals surface area contributed by atoms with Gasteiger partial charge >= 0.3 is 0 Å². The number of para-hydroxylation sites is 1. The van der Waals surface area contributed by atoms with Gasteiger partial charge in [-0.1, -0.05) is 18.2 Å². The summed E-state index contributed by atoms with van der Waals surface area (Å²) in [5.74, 6) is -0.514. The van der Waals surface area contributed by atoms with E-state index >= 15 is 0 Å². The maximum absolute atomic E-state index is 12.7. The molecule has 2 aliphatic heterocycles. The number of rotatable bonds is 2. The molecule has 1 atom stereocenters. The fraction of sp³-hybridized carbons (Fsp3) is 0.467. The maximum atomic E-state index is 12.7. The minimum atomic E-state index is -0.553. The Morgan fingerprint density at radius 2 is 1.90 bits per heavy atom. The predicted octanol–water partition coefficient (Wildman–Crippen LogP) is 0.856. The first kappa shape index (κ1) is 13.1. The molecule has 2 heterocycles. The Kier molecular flexibility index (Phi) is 3.44. The number of benzene rings is 1. The van der Waals surface area contributed by atoms with Gasteiger partial charge < -0.3 is 10.5 Å². The van der Waals surface area contributed by atoms with E-state index in [9.17, 15) is 9.59 Å². The lowest BCUT2D eigenvalue weighted by Crippen LogP contribution is -2.49. The average Bonchev–Trinajstić information content (AvgIpc) is 2.87. The standard InChI is InChI=1S/C15H18N2O3/c16-14(18)13-9-11-3-1-2-4-12(11)17(13)15(19)10-5-7-20-8-6-10/h1-4,10,13H,5-9H2,(H2,16,18)/t13-/m0/s1. The molecule has 106 valence electrons. The predicted molar refractivity (Wildman–Crippen MR) is 74.2 cm³/mol. The Hall–Kier alpha value is -1.88. The third-order valence-corrected chi connectivity index (χ3v) is 4.11. The molecule has 2 amide bonds. The number of anilines is 1. The zero-order chi connectivity index (χ0) is 14.1. The molecule has 0 aliphatic carbocycles. The number of carbonyl (C=O) groups is 2. The van der Waals surface area contributed by atoms with Gasteiger partial charge in [0.1, 0.15) is 6.04 Å². The zero-order valence-corrected chi connectivity index (χ0v) is 11.2. The molecular formula is C15H18N2O3. The lowest BCUT2D eigenvalue weighted by Gasteiger charge is -2.29. The number of ether oxygens (including phenoxy) is 1. The lowest BCUT2D eigenvalue weighted by atomic mass is 9.98. The molecule has 0 saturated carbocycles. The van der Waals surface area contributed by atoms with Crippen molar-refractivity contribution in [2.75, 3.05) is 18.1 Å². The molecule has 5 nitrogen and oxygen atoms in total. The summed E-state index contributed by atoms with van der Waals surface area (Å²) in [6.45, 7) is 1.21. The minimum absolute atomic E-state index is 0.00190. The first-order chi connectivity index (χ1) is 9.68. The molecule has 0 spiro atoms. The number of primary amides is 1. The summed E-state index contributed by atoms with van der Waals surface area (Å²) in [5, 5.41) is 0. The Balaban J connectivity index is 1.91. The summed E-state index contributed by atoms with van der Waals surface area (Å²) in [7, 11) is 0. The molecule has 2 aliphatic rings. The van der Waals surface area contributed by atoms with Crippen LogP contribution in [0.1, 0.15) is 18.4 Å². The Morgan fingerprint density at radius 1 is 1.20 bits per heavy atom. The first-order valence-corrected chi connectivity index (χ1v) is 6.96. The van der Waals surface area contributed by atoms with Crippen molar-refractivity contribution < 1.29 is 14.3 Å². The van der Waals surface area contributed by atoms with Crippen LogP contribution in [-0.2, 0) is 20.7 Å². The third-order valence-electron chi connectivity index (χ3n) is 4.11. The highest BCUT2D eigenvalue weighted by atomic mass is 16.5. The third kappa shape index (κ3) is 2.18. The van der Waals surface area contributed by atoms with Gasteiger partial charge in [-0.05, 0) is 24.5 Å². The number of carbonyl (C=O) groups excluding carboxylic acids is 2. The van der Waals surface area contributed by atoms with Crippen LogP contribution in [0.5, 0.6) is 0 Å². The second-order valence-electron chi connectivity index (χ2n) is 5.35. The molecule has 0 aromatic heterocycles. The van der Waals surface area contributed by atoms with Crippen LogP contribution in [0.15, 0.2) is 24.3 Å². The normalized spacial score (nSPS) is 22.6. The summed E-state index contributed by atoms with van der Waals surface area (Å²) < 4.78 is 5.29. The van der Waals surface area contributed by atoms with Crippen molar-refractivity contribution in [3.8, 4) is 0 Å². The van der Waals surface area contributed by atoms with E-state index in [0.717, 1.165) is 11.3 Å². The van der Waals surface area contributed by atoms with Gasteiger partial charge in [0.2, 0.25) is 11.8 Å². The van der Waals surface area contributed by atoms with Gasteiger partial charge in [-0.3, -0.25) is 14.5 Å². The molecule has 1 saturated heterocycles. The second-order valence-corrected chi connectivity index (χ2v) is 5.35. The van der Waals surface area contributed by atoms with Crippen LogP contribution in [0.2, 0.25) is 0 Å². The molecule has 20 heavy (non-hydrogen) atoms. The average molecular weight is 274 g/mol. The number of hydrogen-bond acceptors (Lipinski definition) is 3. The summed E-state index contributed by atoms with van der Waals surface area (Å²) in [4.78, 5) is 26.0. The van der Waals surface area contributed by atoms with E-state index in [0.29, 0.717) is 32.5 Å². The Bertz CT molecular complexity index is 538. The van der Waals surface area contributed by atoms with Crippen LogP contribution >= 0.6 is 0 Å². The van der Waals surface area contributed by atoms with Gasteiger partial charge in [0.05, 0.1) is 0 Å². The molecule has 0 radical (unpaired) electrons. The molecular weight excluding hydrogens is 256 g/mol. The van der Waals surface area contributed by atoms with Crippen molar-refractivity contribution in [3.05, 3.63) is 29.8 Å². The van der Waals surface area contributed by atoms with E-state index in [-0.39, 0.29) is 11.8 Å². The maximum Gasteiger partial charge on any atom is 0.240 e. The number of amides is 2. The molecule has 1 aromatic rings. The van der Waals surface area contributed by atoms with Crippen molar-refractivity contribution in [3.63, 3.8) is 0 Å². The van der Waals surface area contributed by atoms with Gasteiger partial charge in [0.25, 0.3) is 0 Å². The summed E-state index contributed by atoms with van der Waals surface area (Å²) in [5.41, 5.74) is 7.31. The largest absolute Gasteiger partial charge is 0.381 e. The summed E-state index contributed by atoms with van der Waals surface area (Å²) >= 11 is 0. The van der Waals surface area contributed by atoms with Crippen LogP contribution < -0.4 is 10.6 Å². The highest BCUT2D eigenvalue weighted by molar-refractivity contribution is 6.04. The van der Waals surface area contributed by atoms with E-state index in [1.165, 1.54) is 0 Å². The van der Waals surface area contributed by atoms with Crippen molar-refractivity contribution in [2.24, 2.45) is 11.7 Å². The van der Waals surface area contributed by atoms with Gasteiger partial charge in [0.15, 0.2) is 0 Å². The molecule has 3 rings (SSSR count). The van der Waals surface area contributed by atoms with Crippen molar-refractivity contribution in [2.45, 2.75) is 25.3 Å². The van der Waals surface area contributed by atoms with Crippen molar-refractivity contribution in [1.82, 2.24) is 0 Å². The van der Waals surface area contributed by atoms with Crippen LogP contribution in [0, 0.1) is 5.92 Å². The minimum Gasteiger partial charge on any atom is -0.381 e. The van der Waals surface area contributed by atoms with E-state index in [1.807, 2.05) is 24.3 Å². The molecule has 2 N–H and O–H groups in total. The van der Waals surface area contributed by atoms with E-state index in [1.54, 1.807) is 4.90 Å². The van der Waals surface area contributed by atoms with Gasteiger partial charge in [0, 0.05) is 31.2 Å². The number of hydrogen-bond donors (Lipinski definition) is 1. The van der Waals surface area contributed by atoms with Gasteiger partial charge in [-0.2, -0.15) is 0 Å². The van der Waals surface area contributed by atoms with Crippen LogP contribution in [-0.4, -0.2) is 31.1 Å². The fourth-order valence-electron chi connectivity index (χ4n) is 3.03. The van der Waals surface area contributed by atoms with Crippen LogP contribution in [0.25, 0.3) is 0 Å². The second kappa shape index (κ2) is 5.25. The summed E-state index contributed by atoms with van der Waals surface area (Å²) in [6, 6.07) is 7.08. The van der Waals surface area contributed by atoms with Crippen LogP contribution in [0.4, 0.5) is 5.69 Å². The number of nitrogens with two attached hydrogens (primary N) is 1. The number of fused-ring (bicyclic) bond motifs is 1. The SMILES string of the molecule is NC(=O)[C@@H]1Cc2ccccc2N1C(=O)C1CCOCC1. The van der Waals surface area contributed by atoms with Gasteiger partial charge in [-0.25, -0.2) is 0 Å². The fourth-order valence-corrected chi connectivity index (χ4v) is 3.03. The lowest BCUT2D eigenvalue weighted by molar-refractivity contribution is -0.128.